The molecule has 0 amide bonds. The van der Waals surface area contributed by atoms with E-state index in [0.717, 1.165) is 12.0 Å². The van der Waals surface area contributed by atoms with E-state index in [9.17, 15) is 9.90 Å². The minimum atomic E-state index is -1.16. The van der Waals surface area contributed by atoms with Crippen LogP contribution in [0.4, 0.5) is 0 Å². The van der Waals surface area contributed by atoms with Gasteiger partial charge in [0.1, 0.15) is 0 Å². The van der Waals surface area contributed by atoms with Crippen molar-refractivity contribution in [3.63, 3.8) is 0 Å². The molecule has 0 aliphatic heterocycles. The Kier molecular flexibility index (Phi) is 4.53. The molecular weight excluding hydrogens is 254 g/mol. The number of aromatic nitrogens is 2. The number of benzene rings is 1. The number of hydrogen-bond donors (Lipinski definition) is 2. The van der Waals surface area contributed by atoms with Crippen LogP contribution in [0.1, 0.15) is 18.9 Å². The van der Waals surface area contributed by atoms with E-state index in [2.05, 4.69) is 10.4 Å². The molecule has 1 unspecified atom stereocenters. The van der Waals surface area contributed by atoms with Crippen molar-refractivity contribution in [3.8, 4) is 0 Å². The van der Waals surface area contributed by atoms with Gasteiger partial charge in [-0.05, 0) is 24.6 Å². The van der Waals surface area contributed by atoms with Gasteiger partial charge in [-0.25, -0.2) is 4.79 Å². The summed E-state index contributed by atoms with van der Waals surface area (Å²) in [6.45, 7) is 2.89. The zero-order valence-corrected chi connectivity index (χ0v) is 11.5. The summed E-state index contributed by atoms with van der Waals surface area (Å²) in [5.41, 5.74) is -0.431. The minimum Gasteiger partial charge on any atom is -0.480 e. The number of rotatable bonds is 7. The lowest BCUT2D eigenvalue weighted by Crippen LogP contribution is -2.52. The maximum atomic E-state index is 12.0. The van der Waals surface area contributed by atoms with Crippen molar-refractivity contribution in [2.45, 2.75) is 25.4 Å². The summed E-state index contributed by atoms with van der Waals surface area (Å²) in [7, 11) is 0. The summed E-state index contributed by atoms with van der Waals surface area (Å²) >= 11 is 0. The average Bonchev–Trinajstić information content (AvgIpc) is 2.97. The van der Waals surface area contributed by atoms with Crippen molar-refractivity contribution in [2.24, 2.45) is 0 Å². The van der Waals surface area contributed by atoms with E-state index < -0.39 is 11.5 Å². The number of carboxylic acids is 1. The van der Waals surface area contributed by atoms with Gasteiger partial charge in [0.2, 0.25) is 0 Å². The number of nitrogens with zero attached hydrogens (tertiary/aromatic N) is 2. The average molecular weight is 273 g/mol. The molecule has 1 atom stereocenters. The zero-order chi connectivity index (χ0) is 14.4. The number of carbonyl (C=O) groups is 1. The Morgan fingerprint density at radius 2 is 2.10 bits per heavy atom. The highest BCUT2D eigenvalue weighted by atomic mass is 16.4. The van der Waals surface area contributed by atoms with Gasteiger partial charge in [-0.1, -0.05) is 37.3 Å². The molecule has 0 saturated carbocycles. The monoisotopic (exact) mass is 273 g/mol. The van der Waals surface area contributed by atoms with Gasteiger partial charge < -0.3 is 5.11 Å². The van der Waals surface area contributed by atoms with Crippen molar-refractivity contribution in [3.05, 3.63) is 54.4 Å². The van der Waals surface area contributed by atoms with E-state index in [4.69, 9.17) is 0 Å². The first-order valence-corrected chi connectivity index (χ1v) is 6.70. The molecule has 0 aliphatic carbocycles. The van der Waals surface area contributed by atoms with Gasteiger partial charge >= 0.3 is 5.97 Å². The highest BCUT2D eigenvalue weighted by Gasteiger charge is 2.40. The molecule has 5 nitrogen and oxygen atoms in total. The third-order valence-corrected chi connectivity index (χ3v) is 3.27. The van der Waals surface area contributed by atoms with Crippen molar-refractivity contribution >= 4 is 5.97 Å². The second kappa shape index (κ2) is 6.34. The topological polar surface area (TPSA) is 67.2 Å². The Morgan fingerprint density at radius 3 is 2.65 bits per heavy atom. The van der Waals surface area contributed by atoms with Crippen LogP contribution in [0.15, 0.2) is 48.8 Å². The van der Waals surface area contributed by atoms with Crippen LogP contribution >= 0.6 is 0 Å². The van der Waals surface area contributed by atoms with Crippen LogP contribution < -0.4 is 5.32 Å². The zero-order valence-electron chi connectivity index (χ0n) is 11.5. The maximum absolute atomic E-state index is 12.0. The van der Waals surface area contributed by atoms with Crippen LogP contribution in [0.3, 0.4) is 0 Å². The van der Waals surface area contributed by atoms with E-state index in [0.29, 0.717) is 6.54 Å². The molecule has 0 fully saturated rings. The summed E-state index contributed by atoms with van der Waals surface area (Å²) in [5, 5.41) is 17.1. The van der Waals surface area contributed by atoms with Gasteiger partial charge in [0, 0.05) is 12.4 Å². The normalized spacial score (nSPS) is 13.8. The van der Waals surface area contributed by atoms with Crippen molar-refractivity contribution in [1.82, 2.24) is 15.1 Å². The van der Waals surface area contributed by atoms with Crippen molar-refractivity contribution in [1.29, 1.82) is 0 Å². The predicted octanol–water partition coefficient (Wildman–Crippen LogP) is 1.86. The first kappa shape index (κ1) is 14.3. The Balaban J connectivity index is 2.41. The highest BCUT2D eigenvalue weighted by Crippen LogP contribution is 2.24. The molecule has 0 radical (unpaired) electrons. The minimum absolute atomic E-state index is 0.249. The van der Waals surface area contributed by atoms with E-state index in [1.807, 2.05) is 37.3 Å². The summed E-state index contributed by atoms with van der Waals surface area (Å²) in [6, 6.07) is 11.0. The fourth-order valence-corrected chi connectivity index (χ4v) is 2.21. The first-order chi connectivity index (χ1) is 9.69. The molecular formula is C15H19N3O2. The molecule has 5 heteroatoms. The van der Waals surface area contributed by atoms with Crippen molar-refractivity contribution < 1.29 is 9.90 Å². The number of aliphatic carboxylic acids is 1. The van der Waals surface area contributed by atoms with E-state index in [-0.39, 0.29) is 6.54 Å². The Morgan fingerprint density at radius 1 is 1.35 bits per heavy atom. The molecule has 2 aromatic rings. The maximum Gasteiger partial charge on any atom is 0.330 e. The molecule has 2 rings (SSSR count). The second-order valence-corrected chi connectivity index (χ2v) is 4.71. The van der Waals surface area contributed by atoms with Gasteiger partial charge in [-0.2, -0.15) is 5.10 Å². The van der Waals surface area contributed by atoms with Gasteiger partial charge in [0.05, 0.1) is 6.54 Å². The van der Waals surface area contributed by atoms with Gasteiger partial charge in [-0.3, -0.25) is 10.00 Å². The number of nitrogens with one attached hydrogen (secondary N) is 1. The van der Waals surface area contributed by atoms with Crippen LogP contribution in [0, 0.1) is 0 Å². The second-order valence-electron chi connectivity index (χ2n) is 4.71. The summed E-state index contributed by atoms with van der Waals surface area (Å²) < 4.78 is 1.64. The standard InChI is InChI=1S/C15H19N3O2/c1-2-9-16-15(14(19)20,12-18-11-6-10-17-18)13-7-4-3-5-8-13/h3-8,10-11,16H,2,9,12H2,1H3,(H,19,20). The lowest BCUT2D eigenvalue weighted by molar-refractivity contribution is -0.146. The van der Waals surface area contributed by atoms with E-state index >= 15 is 0 Å². The largest absolute Gasteiger partial charge is 0.480 e. The summed E-state index contributed by atoms with van der Waals surface area (Å²) in [4.78, 5) is 12.0. The SMILES string of the molecule is CCCNC(Cn1cccn1)(C(=O)O)c1ccccc1. The lowest BCUT2D eigenvalue weighted by atomic mass is 9.89. The molecule has 20 heavy (non-hydrogen) atoms. The predicted molar refractivity (Wildman–Crippen MR) is 76.3 cm³/mol. The van der Waals surface area contributed by atoms with Crippen molar-refractivity contribution in [2.75, 3.05) is 6.54 Å². The first-order valence-electron chi connectivity index (χ1n) is 6.70. The third-order valence-electron chi connectivity index (χ3n) is 3.27. The fraction of sp³-hybridized carbons (Fsp3) is 0.333. The number of carboxylic acid groups (broad SMARTS) is 1. The molecule has 0 bridgehead atoms. The summed E-state index contributed by atoms with van der Waals surface area (Å²) in [6.07, 6.45) is 4.28. The molecule has 0 saturated heterocycles. The van der Waals surface area contributed by atoms with E-state index in [1.54, 1.807) is 23.1 Å². The molecule has 1 heterocycles. The summed E-state index contributed by atoms with van der Waals surface area (Å²) in [5.74, 6) is -0.896. The lowest BCUT2D eigenvalue weighted by Gasteiger charge is -2.31. The Bertz CT molecular complexity index is 540. The highest BCUT2D eigenvalue weighted by molar-refractivity contribution is 5.80. The molecule has 1 aromatic heterocycles. The van der Waals surface area contributed by atoms with Crippen LogP contribution in [0.25, 0.3) is 0 Å². The molecule has 106 valence electrons. The smallest absolute Gasteiger partial charge is 0.330 e. The van der Waals surface area contributed by atoms with Crippen LogP contribution in [0.2, 0.25) is 0 Å². The molecule has 0 aliphatic rings. The van der Waals surface area contributed by atoms with E-state index in [1.165, 1.54) is 0 Å². The van der Waals surface area contributed by atoms with Gasteiger partial charge in [0.15, 0.2) is 5.54 Å². The van der Waals surface area contributed by atoms with Crippen LogP contribution in [-0.2, 0) is 16.9 Å². The molecule has 0 spiro atoms. The third kappa shape index (κ3) is 2.88. The van der Waals surface area contributed by atoms with Gasteiger partial charge in [0.25, 0.3) is 0 Å². The van der Waals surface area contributed by atoms with Crippen LogP contribution in [0.5, 0.6) is 0 Å². The fourth-order valence-electron chi connectivity index (χ4n) is 2.21. The quantitative estimate of drug-likeness (QED) is 0.808. The molecule has 1 aromatic carbocycles. The Labute approximate surface area is 118 Å². The Hall–Kier alpha value is -2.14. The molecule has 2 N–H and O–H groups in total. The number of hydrogen-bond acceptors (Lipinski definition) is 3. The van der Waals surface area contributed by atoms with Gasteiger partial charge in [-0.15, -0.1) is 0 Å². The van der Waals surface area contributed by atoms with Crippen LogP contribution in [-0.4, -0.2) is 27.4 Å².